The number of carbonyl (C=O) groups excluding carboxylic acids is 2. The summed E-state index contributed by atoms with van der Waals surface area (Å²) in [5.41, 5.74) is 2.49. The third kappa shape index (κ3) is 3.21. The predicted molar refractivity (Wildman–Crippen MR) is 98.9 cm³/mol. The molecule has 1 unspecified atom stereocenters. The molecule has 5 heteroatoms. The predicted octanol–water partition coefficient (Wildman–Crippen LogP) is 2.96. The fraction of sp³-hybridized carbons (Fsp3) is 0.381. The Labute approximate surface area is 153 Å². The molecule has 26 heavy (non-hydrogen) atoms. The van der Waals surface area contributed by atoms with Crippen molar-refractivity contribution in [3.05, 3.63) is 65.5 Å². The van der Waals surface area contributed by atoms with E-state index in [-0.39, 0.29) is 29.9 Å². The number of aromatic nitrogens is 1. The van der Waals surface area contributed by atoms with Gasteiger partial charge >= 0.3 is 0 Å². The monoisotopic (exact) mass is 349 g/mol. The van der Waals surface area contributed by atoms with Crippen LogP contribution in [-0.2, 0) is 0 Å². The van der Waals surface area contributed by atoms with E-state index in [1.165, 1.54) is 0 Å². The Hall–Kier alpha value is -2.69. The van der Waals surface area contributed by atoms with Gasteiger partial charge in [-0.25, -0.2) is 0 Å². The van der Waals surface area contributed by atoms with Crippen molar-refractivity contribution >= 4 is 11.8 Å². The van der Waals surface area contributed by atoms with E-state index in [0.29, 0.717) is 5.56 Å². The number of benzene rings is 1. The lowest BCUT2D eigenvalue weighted by Crippen LogP contribution is -2.52. The summed E-state index contributed by atoms with van der Waals surface area (Å²) in [6.07, 6.45) is 6.94. The number of piperidine rings is 1. The molecule has 2 bridgehead atoms. The SMILES string of the molecule is Cc1cccc(C(=O)N2[C@@H]3CC[C@H]2CC(NC(=O)c2ccncc2)C3)c1. The maximum atomic E-state index is 13.0. The molecule has 2 aromatic rings. The maximum Gasteiger partial charge on any atom is 0.254 e. The third-order valence-electron chi connectivity index (χ3n) is 5.51. The van der Waals surface area contributed by atoms with Crippen molar-refractivity contribution in [1.29, 1.82) is 0 Å². The van der Waals surface area contributed by atoms with E-state index in [1.54, 1.807) is 24.5 Å². The number of nitrogens with one attached hydrogen (secondary N) is 1. The summed E-state index contributed by atoms with van der Waals surface area (Å²) in [5.74, 6) is 0.0652. The van der Waals surface area contributed by atoms with Crippen molar-refractivity contribution in [2.45, 2.75) is 50.7 Å². The van der Waals surface area contributed by atoms with Crippen molar-refractivity contribution < 1.29 is 9.59 Å². The van der Waals surface area contributed by atoms with Gasteiger partial charge in [0.25, 0.3) is 11.8 Å². The first-order valence-corrected chi connectivity index (χ1v) is 9.22. The molecule has 0 radical (unpaired) electrons. The number of hydrogen-bond acceptors (Lipinski definition) is 3. The van der Waals surface area contributed by atoms with E-state index in [9.17, 15) is 9.59 Å². The number of rotatable bonds is 3. The molecular formula is C21H23N3O2. The van der Waals surface area contributed by atoms with Gasteiger partial charge in [0.05, 0.1) is 0 Å². The summed E-state index contributed by atoms with van der Waals surface area (Å²) in [5, 5.41) is 3.14. The molecule has 2 aliphatic heterocycles. The molecule has 0 aliphatic carbocycles. The van der Waals surface area contributed by atoms with Crippen LogP contribution >= 0.6 is 0 Å². The molecule has 0 spiro atoms. The van der Waals surface area contributed by atoms with Gasteiger partial charge in [0.2, 0.25) is 0 Å². The Bertz CT molecular complexity index is 807. The Kier molecular flexibility index (Phi) is 4.45. The summed E-state index contributed by atoms with van der Waals surface area (Å²) in [4.78, 5) is 31.4. The number of pyridine rings is 1. The van der Waals surface area contributed by atoms with Crippen LogP contribution in [0.15, 0.2) is 48.8 Å². The van der Waals surface area contributed by atoms with Gasteiger partial charge in [0.1, 0.15) is 0 Å². The molecule has 2 fully saturated rings. The van der Waals surface area contributed by atoms with E-state index in [4.69, 9.17) is 0 Å². The van der Waals surface area contributed by atoms with E-state index in [2.05, 4.69) is 15.2 Å². The summed E-state index contributed by atoms with van der Waals surface area (Å²) in [6.45, 7) is 2.01. The second-order valence-electron chi connectivity index (χ2n) is 7.34. The number of aryl methyl sites for hydroxylation is 1. The minimum Gasteiger partial charge on any atom is -0.349 e. The molecule has 2 amide bonds. The molecule has 0 saturated carbocycles. The summed E-state index contributed by atoms with van der Waals surface area (Å²) in [7, 11) is 0. The Morgan fingerprint density at radius 1 is 1.04 bits per heavy atom. The molecular weight excluding hydrogens is 326 g/mol. The summed E-state index contributed by atoms with van der Waals surface area (Å²) < 4.78 is 0. The molecule has 2 aliphatic rings. The van der Waals surface area contributed by atoms with Crippen molar-refractivity contribution in [3.8, 4) is 0 Å². The summed E-state index contributed by atoms with van der Waals surface area (Å²) >= 11 is 0. The standard InChI is InChI=1S/C21H23N3O2/c1-14-3-2-4-16(11-14)21(26)24-18-5-6-19(24)13-17(12-18)23-20(25)15-7-9-22-10-8-15/h2-4,7-11,17-19H,5-6,12-13H2,1H3,(H,23,25)/t17?,18-,19+. The fourth-order valence-electron chi connectivity index (χ4n) is 4.33. The van der Waals surface area contributed by atoms with Gasteiger partial charge in [-0.15, -0.1) is 0 Å². The van der Waals surface area contributed by atoms with E-state index in [1.807, 2.05) is 31.2 Å². The maximum absolute atomic E-state index is 13.0. The van der Waals surface area contributed by atoms with Crippen LogP contribution in [0.3, 0.4) is 0 Å². The van der Waals surface area contributed by atoms with Crippen LogP contribution < -0.4 is 5.32 Å². The van der Waals surface area contributed by atoms with Gasteiger partial charge < -0.3 is 10.2 Å². The molecule has 3 atom stereocenters. The van der Waals surface area contributed by atoms with Crippen LogP contribution in [0.5, 0.6) is 0 Å². The topological polar surface area (TPSA) is 62.3 Å². The minimum atomic E-state index is -0.0599. The summed E-state index contributed by atoms with van der Waals surface area (Å²) in [6, 6.07) is 11.8. The van der Waals surface area contributed by atoms with Crippen LogP contribution in [0, 0.1) is 6.92 Å². The Morgan fingerprint density at radius 2 is 1.73 bits per heavy atom. The minimum absolute atomic E-state index is 0.0599. The fourth-order valence-corrected chi connectivity index (χ4v) is 4.33. The third-order valence-corrected chi connectivity index (χ3v) is 5.51. The molecule has 1 N–H and O–H groups in total. The zero-order valence-corrected chi connectivity index (χ0v) is 14.9. The zero-order valence-electron chi connectivity index (χ0n) is 14.9. The van der Waals surface area contributed by atoms with Crippen LogP contribution in [0.4, 0.5) is 0 Å². The van der Waals surface area contributed by atoms with Gasteiger partial charge in [-0.3, -0.25) is 14.6 Å². The first kappa shape index (κ1) is 16.8. The molecule has 3 heterocycles. The van der Waals surface area contributed by atoms with Crippen LogP contribution in [0.2, 0.25) is 0 Å². The first-order valence-electron chi connectivity index (χ1n) is 9.22. The normalized spacial score (nSPS) is 24.3. The molecule has 134 valence electrons. The van der Waals surface area contributed by atoms with E-state index >= 15 is 0 Å². The lowest BCUT2D eigenvalue weighted by molar-refractivity contribution is 0.0549. The number of carbonyl (C=O) groups is 2. The average Bonchev–Trinajstić information content (AvgIpc) is 2.92. The second kappa shape index (κ2) is 6.90. The highest BCUT2D eigenvalue weighted by atomic mass is 16.2. The van der Waals surface area contributed by atoms with Crippen molar-refractivity contribution in [3.63, 3.8) is 0 Å². The number of nitrogens with zero attached hydrogens (tertiary/aromatic N) is 2. The molecule has 4 rings (SSSR count). The first-order chi connectivity index (χ1) is 12.6. The van der Waals surface area contributed by atoms with Crippen LogP contribution in [0.1, 0.15) is 52.0 Å². The number of amides is 2. The van der Waals surface area contributed by atoms with Gasteiger partial charge in [-0.05, 0) is 56.9 Å². The van der Waals surface area contributed by atoms with Crippen molar-refractivity contribution in [1.82, 2.24) is 15.2 Å². The van der Waals surface area contributed by atoms with Gasteiger partial charge in [0, 0.05) is 41.6 Å². The zero-order chi connectivity index (χ0) is 18.1. The number of fused-ring (bicyclic) bond motifs is 2. The molecule has 2 saturated heterocycles. The van der Waals surface area contributed by atoms with Crippen molar-refractivity contribution in [2.24, 2.45) is 0 Å². The quantitative estimate of drug-likeness (QED) is 0.927. The Morgan fingerprint density at radius 3 is 2.38 bits per heavy atom. The van der Waals surface area contributed by atoms with Crippen molar-refractivity contribution in [2.75, 3.05) is 0 Å². The Balaban J connectivity index is 1.44. The van der Waals surface area contributed by atoms with Gasteiger partial charge in [-0.1, -0.05) is 17.7 Å². The highest BCUT2D eigenvalue weighted by Crippen LogP contribution is 2.37. The highest BCUT2D eigenvalue weighted by molar-refractivity contribution is 5.95. The van der Waals surface area contributed by atoms with Crippen LogP contribution in [0.25, 0.3) is 0 Å². The largest absolute Gasteiger partial charge is 0.349 e. The van der Waals surface area contributed by atoms with E-state index < -0.39 is 0 Å². The highest BCUT2D eigenvalue weighted by Gasteiger charge is 2.43. The number of hydrogen-bond donors (Lipinski definition) is 1. The van der Waals surface area contributed by atoms with Gasteiger partial charge in [0.15, 0.2) is 0 Å². The average molecular weight is 349 g/mol. The van der Waals surface area contributed by atoms with E-state index in [0.717, 1.165) is 36.8 Å². The molecule has 5 nitrogen and oxygen atoms in total. The molecule has 1 aromatic heterocycles. The smallest absolute Gasteiger partial charge is 0.254 e. The van der Waals surface area contributed by atoms with Crippen LogP contribution in [-0.4, -0.2) is 39.8 Å². The van der Waals surface area contributed by atoms with Gasteiger partial charge in [-0.2, -0.15) is 0 Å². The lowest BCUT2D eigenvalue weighted by Gasteiger charge is -2.39. The lowest BCUT2D eigenvalue weighted by atomic mass is 9.95. The molecule has 1 aromatic carbocycles. The second-order valence-corrected chi connectivity index (χ2v) is 7.34.